The topological polar surface area (TPSA) is 48.4 Å². The van der Waals surface area contributed by atoms with Crippen LogP contribution in [0, 0.1) is 0 Å². The molecule has 11 heteroatoms. The number of Topliss-reactive ketones (excluding diaryl/α,β-unsaturated/α-hetero) is 1. The quantitative estimate of drug-likeness (QED) is 0.492. The summed E-state index contributed by atoms with van der Waals surface area (Å²) in [5.41, 5.74) is -0.990. The van der Waals surface area contributed by atoms with Gasteiger partial charge in [-0.2, -0.15) is 13.2 Å². The minimum absolute atomic E-state index is 0.196. The van der Waals surface area contributed by atoms with Crippen LogP contribution in [0.2, 0.25) is 5.02 Å². The normalized spacial score (nSPS) is 13.2. The maximum Gasteiger partial charge on any atom is 0.417 e. The van der Waals surface area contributed by atoms with E-state index in [1.807, 2.05) is 0 Å². The fraction of sp³-hybridized carbons (Fsp3) is 0.250. The molecular weight excluding hydrogens is 453 g/mol. The number of carbonyl (C=O) groups is 1. The summed E-state index contributed by atoms with van der Waals surface area (Å²) < 4.78 is 46.4. The first-order valence-electron chi connectivity index (χ1n) is 7.16. The molecule has 2 aromatic rings. The number of alkyl halides is 6. The second-order valence-electron chi connectivity index (χ2n) is 5.20. The van der Waals surface area contributed by atoms with Crippen molar-refractivity contribution in [1.82, 2.24) is 4.98 Å². The molecular formula is C16H10Cl4F3NO3. The molecule has 0 spiro atoms. The van der Waals surface area contributed by atoms with Gasteiger partial charge in [0.1, 0.15) is 16.5 Å². The highest BCUT2D eigenvalue weighted by Gasteiger charge is 2.35. The van der Waals surface area contributed by atoms with Crippen LogP contribution >= 0.6 is 46.4 Å². The predicted molar refractivity (Wildman–Crippen MR) is 96.2 cm³/mol. The number of pyridine rings is 1. The van der Waals surface area contributed by atoms with E-state index in [1.165, 1.54) is 31.2 Å². The first-order valence-corrected chi connectivity index (χ1v) is 8.67. The Morgan fingerprint density at radius 3 is 2.15 bits per heavy atom. The maximum atomic E-state index is 12.6. The van der Waals surface area contributed by atoms with Crippen LogP contribution in [0.25, 0.3) is 0 Å². The number of hydrogen-bond donors (Lipinski definition) is 0. The van der Waals surface area contributed by atoms with E-state index in [0.717, 1.165) is 0 Å². The third-order valence-electron chi connectivity index (χ3n) is 3.13. The molecule has 0 N–H and O–H groups in total. The number of benzene rings is 1. The fourth-order valence-electron chi connectivity index (χ4n) is 1.84. The van der Waals surface area contributed by atoms with Gasteiger partial charge in [0, 0.05) is 6.20 Å². The van der Waals surface area contributed by atoms with E-state index >= 15 is 0 Å². The van der Waals surface area contributed by atoms with Gasteiger partial charge in [-0.25, -0.2) is 4.98 Å². The number of carbonyl (C=O) groups excluding carboxylic acids is 1. The Labute approximate surface area is 172 Å². The second kappa shape index (κ2) is 8.31. The average molecular weight is 463 g/mol. The van der Waals surface area contributed by atoms with E-state index < -0.39 is 27.4 Å². The molecule has 27 heavy (non-hydrogen) atoms. The van der Waals surface area contributed by atoms with Gasteiger partial charge >= 0.3 is 6.18 Å². The zero-order valence-corrected chi connectivity index (χ0v) is 16.4. The van der Waals surface area contributed by atoms with Crippen molar-refractivity contribution in [3.05, 3.63) is 47.1 Å². The molecule has 0 aliphatic heterocycles. The summed E-state index contributed by atoms with van der Waals surface area (Å²) in [6, 6.07) is 6.51. The van der Waals surface area contributed by atoms with Crippen molar-refractivity contribution in [2.75, 3.05) is 0 Å². The molecule has 1 aromatic carbocycles. The predicted octanol–water partition coefficient (Wildman–Crippen LogP) is 6.25. The molecule has 0 radical (unpaired) electrons. The minimum atomic E-state index is -4.56. The third kappa shape index (κ3) is 6.04. The van der Waals surface area contributed by atoms with Crippen LogP contribution in [0.3, 0.4) is 0 Å². The number of rotatable bonds is 5. The van der Waals surface area contributed by atoms with Gasteiger partial charge in [-0.1, -0.05) is 46.4 Å². The molecule has 0 unspecified atom stereocenters. The lowest BCUT2D eigenvalue weighted by Crippen LogP contribution is -2.34. The Hall–Kier alpha value is -1.41. The summed E-state index contributed by atoms with van der Waals surface area (Å²) in [5.74, 6) is -0.424. The van der Waals surface area contributed by atoms with Crippen molar-refractivity contribution in [3.63, 3.8) is 0 Å². The molecule has 0 fully saturated rings. The molecule has 1 heterocycles. The van der Waals surface area contributed by atoms with Crippen LogP contribution in [-0.4, -0.2) is 20.7 Å². The Balaban J connectivity index is 2.07. The Morgan fingerprint density at radius 2 is 1.67 bits per heavy atom. The fourth-order valence-corrected chi connectivity index (χ4v) is 2.51. The van der Waals surface area contributed by atoms with Crippen LogP contribution in [0.5, 0.6) is 17.4 Å². The van der Waals surface area contributed by atoms with Gasteiger partial charge in [0.25, 0.3) is 3.79 Å². The van der Waals surface area contributed by atoms with E-state index in [9.17, 15) is 18.0 Å². The summed E-state index contributed by atoms with van der Waals surface area (Å²) in [7, 11) is 0. The molecule has 0 aliphatic carbocycles. The molecule has 0 amide bonds. The van der Waals surface area contributed by atoms with Gasteiger partial charge in [0.15, 0.2) is 6.10 Å². The Morgan fingerprint density at radius 1 is 1.11 bits per heavy atom. The molecule has 2 rings (SSSR count). The maximum absolute atomic E-state index is 12.6. The summed E-state index contributed by atoms with van der Waals surface area (Å²) in [4.78, 5) is 15.3. The Kier molecular flexibility index (Phi) is 6.73. The molecule has 4 nitrogen and oxygen atoms in total. The van der Waals surface area contributed by atoms with Crippen molar-refractivity contribution in [1.29, 1.82) is 0 Å². The monoisotopic (exact) mass is 461 g/mol. The van der Waals surface area contributed by atoms with E-state index in [-0.39, 0.29) is 22.4 Å². The number of ether oxygens (including phenoxy) is 2. The standard InChI is InChI=1S/C16H10Cl4F3NO3/c1-8(13(25)15(18,19)20)26-10-2-4-11(5-3-10)27-14-12(17)6-9(7-24-14)16(21,22)23/h2-8H,1H3/t8-/m1/s1. The highest BCUT2D eigenvalue weighted by atomic mass is 35.6. The summed E-state index contributed by atoms with van der Waals surface area (Å²) >= 11 is 22.3. The largest absolute Gasteiger partial charge is 0.483 e. The molecule has 0 aliphatic rings. The zero-order chi connectivity index (χ0) is 20.4. The lowest BCUT2D eigenvalue weighted by molar-refractivity contribution is -0.137. The van der Waals surface area contributed by atoms with Crippen LogP contribution in [0.1, 0.15) is 12.5 Å². The second-order valence-corrected chi connectivity index (χ2v) is 7.89. The summed E-state index contributed by atoms with van der Waals surface area (Å²) in [5, 5.41) is -0.299. The lowest BCUT2D eigenvalue weighted by Gasteiger charge is -2.18. The van der Waals surface area contributed by atoms with Crippen LogP contribution < -0.4 is 9.47 Å². The van der Waals surface area contributed by atoms with Crippen LogP contribution in [-0.2, 0) is 11.0 Å². The van der Waals surface area contributed by atoms with Crippen molar-refractivity contribution in [3.8, 4) is 17.4 Å². The molecule has 1 atom stereocenters. The Bertz CT molecular complexity index is 823. The number of aromatic nitrogens is 1. The van der Waals surface area contributed by atoms with Gasteiger partial charge in [0.05, 0.1) is 5.56 Å². The van der Waals surface area contributed by atoms with Crippen molar-refractivity contribution >= 4 is 52.2 Å². The highest BCUT2D eigenvalue weighted by Crippen LogP contribution is 2.35. The average Bonchev–Trinajstić information content (AvgIpc) is 2.55. The first kappa shape index (κ1) is 21.9. The molecule has 146 valence electrons. The van der Waals surface area contributed by atoms with E-state index in [2.05, 4.69) is 4.98 Å². The van der Waals surface area contributed by atoms with E-state index in [0.29, 0.717) is 12.3 Å². The van der Waals surface area contributed by atoms with Crippen molar-refractivity contribution in [2.24, 2.45) is 0 Å². The van der Waals surface area contributed by atoms with Gasteiger partial charge in [-0.05, 0) is 37.3 Å². The third-order valence-corrected chi connectivity index (χ3v) is 3.96. The number of hydrogen-bond acceptors (Lipinski definition) is 4. The highest BCUT2D eigenvalue weighted by molar-refractivity contribution is 6.76. The molecule has 0 bridgehead atoms. The van der Waals surface area contributed by atoms with Crippen LogP contribution in [0.4, 0.5) is 13.2 Å². The smallest absolute Gasteiger partial charge is 0.417 e. The summed E-state index contributed by atoms with van der Waals surface area (Å²) in [6.07, 6.45) is -4.96. The number of nitrogens with zero attached hydrogens (tertiary/aromatic N) is 1. The number of halogens is 7. The van der Waals surface area contributed by atoms with E-state index in [4.69, 9.17) is 55.9 Å². The van der Waals surface area contributed by atoms with Crippen molar-refractivity contribution in [2.45, 2.75) is 23.0 Å². The molecule has 1 aromatic heterocycles. The van der Waals surface area contributed by atoms with Gasteiger partial charge in [0.2, 0.25) is 11.7 Å². The number of ketones is 1. The van der Waals surface area contributed by atoms with Gasteiger partial charge < -0.3 is 9.47 Å². The van der Waals surface area contributed by atoms with Gasteiger partial charge in [-0.3, -0.25) is 4.79 Å². The van der Waals surface area contributed by atoms with Gasteiger partial charge in [-0.15, -0.1) is 0 Å². The van der Waals surface area contributed by atoms with Crippen molar-refractivity contribution < 1.29 is 27.4 Å². The first-order chi connectivity index (χ1) is 12.4. The summed E-state index contributed by atoms with van der Waals surface area (Å²) in [6.45, 7) is 1.42. The molecule has 0 saturated heterocycles. The lowest BCUT2D eigenvalue weighted by atomic mass is 10.2. The zero-order valence-electron chi connectivity index (χ0n) is 13.4. The van der Waals surface area contributed by atoms with E-state index in [1.54, 1.807) is 0 Å². The minimum Gasteiger partial charge on any atom is -0.483 e. The van der Waals surface area contributed by atoms with Crippen LogP contribution in [0.15, 0.2) is 36.5 Å². The SMILES string of the molecule is C[C@@H](Oc1ccc(Oc2ncc(C(F)(F)F)cc2Cl)cc1)C(=O)C(Cl)(Cl)Cl. The molecule has 0 saturated carbocycles.